The van der Waals surface area contributed by atoms with E-state index in [0.29, 0.717) is 13.1 Å². The summed E-state index contributed by atoms with van der Waals surface area (Å²) in [4.78, 5) is 3.80. The van der Waals surface area contributed by atoms with Crippen LogP contribution in [0.2, 0.25) is 0 Å². The number of β-amino-alcohol motifs (C(OH)–C–C–N with tert-alkyl or cyclic N) is 1. The first kappa shape index (κ1) is 18.5. The monoisotopic (exact) mass is 380 g/mol. The summed E-state index contributed by atoms with van der Waals surface area (Å²) in [6.45, 7) is 4.38. The van der Waals surface area contributed by atoms with Crippen molar-refractivity contribution in [3.63, 3.8) is 0 Å². The molecule has 1 saturated heterocycles. The number of hydrogen-bond donors (Lipinski definition) is 2. The third-order valence-corrected chi connectivity index (χ3v) is 7.39. The van der Waals surface area contributed by atoms with Crippen LogP contribution < -0.4 is 4.72 Å². The average Bonchev–Trinajstić information content (AvgIpc) is 3.01. The van der Waals surface area contributed by atoms with Gasteiger partial charge in [0.25, 0.3) is 0 Å². The van der Waals surface area contributed by atoms with E-state index in [0.717, 1.165) is 18.5 Å². The lowest BCUT2D eigenvalue weighted by Gasteiger charge is -2.36. The van der Waals surface area contributed by atoms with E-state index in [1.54, 1.807) is 23.5 Å². The highest BCUT2D eigenvalue weighted by Gasteiger charge is 2.30. The van der Waals surface area contributed by atoms with Crippen molar-refractivity contribution in [3.8, 4) is 0 Å². The summed E-state index contributed by atoms with van der Waals surface area (Å²) in [6, 6.07) is 9.04. The summed E-state index contributed by atoms with van der Waals surface area (Å²) in [6.07, 6.45) is 0.574. The minimum absolute atomic E-state index is 0.222. The Hall–Kier alpha value is -1.25. The zero-order valence-corrected chi connectivity index (χ0v) is 16.1. The number of aliphatic hydroxyl groups is 1. The van der Waals surface area contributed by atoms with Gasteiger partial charge in [0.05, 0.1) is 11.0 Å². The molecule has 0 spiro atoms. The molecule has 136 valence electrons. The number of benzene rings is 1. The molecule has 1 aliphatic heterocycles. The Morgan fingerprint density at radius 3 is 2.56 bits per heavy atom. The Kier molecular flexibility index (Phi) is 5.60. The SMILES string of the molecule is CNS(=O)(=O)c1ccc(CN2CC[C@@H](c3sccc3C)[C@H](O)C2)cc1. The normalized spacial score (nSPS) is 22.2. The largest absolute Gasteiger partial charge is 0.391 e. The van der Waals surface area contributed by atoms with Gasteiger partial charge in [0, 0.05) is 23.9 Å². The van der Waals surface area contributed by atoms with E-state index >= 15 is 0 Å². The molecule has 2 aromatic rings. The van der Waals surface area contributed by atoms with Crippen LogP contribution in [-0.2, 0) is 16.6 Å². The lowest BCUT2D eigenvalue weighted by molar-refractivity contribution is 0.0485. The van der Waals surface area contributed by atoms with E-state index in [4.69, 9.17) is 0 Å². The number of hydrogen-bond acceptors (Lipinski definition) is 5. The number of aryl methyl sites for hydroxylation is 1. The minimum atomic E-state index is -3.40. The molecule has 1 aromatic carbocycles. The molecule has 0 radical (unpaired) electrons. The van der Waals surface area contributed by atoms with Crippen LogP contribution in [0.3, 0.4) is 0 Å². The number of nitrogens with one attached hydrogen (secondary N) is 1. The molecule has 5 nitrogen and oxygen atoms in total. The van der Waals surface area contributed by atoms with Crippen molar-refractivity contribution in [3.05, 3.63) is 51.7 Å². The molecule has 1 aromatic heterocycles. The van der Waals surface area contributed by atoms with Gasteiger partial charge in [0.2, 0.25) is 10.0 Å². The Bertz CT molecular complexity index is 815. The highest BCUT2D eigenvalue weighted by molar-refractivity contribution is 7.89. The maximum absolute atomic E-state index is 11.8. The van der Waals surface area contributed by atoms with Gasteiger partial charge in [-0.25, -0.2) is 13.1 Å². The molecule has 25 heavy (non-hydrogen) atoms. The van der Waals surface area contributed by atoms with Crippen LogP contribution in [0, 0.1) is 6.92 Å². The maximum Gasteiger partial charge on any atom is 0.240 e. The Morgan fingerprint density at radius 2 is 2.00 bits per heavy atom. The third kappa shape index (κ3) is 4.12. The summed E-state index contributed by atoms with van der Waals surface area (Å²) < 4.78 is 25.9. The van der Waals surface area contributed by atoms with E-state index in [2.05, 4.69) is 28.0 Å². The van der Waals surface area contributed by atoms with Crippen molar-refractivity contribution in [2.24, 2.45) is 0 Å². The number of thiophene rings is 1. The predicted octanol–water partition coefficient (Wildman–Crippen LogP) is 2.32. The highest BCUT2D eigenvalue weighted by atomic mass is 32.2. The fourth-order valence-corrected chi connectivity index (χ4v) is 5.21. The summed E-state index contributed by atoms with van der Waals surface area (Å²) in [5, 5.41) is 12.7. The van der Waals surface area contributed by atoms with E-state index in [9.17, 15) is 13.5 Å². The van der Waals surface area contributed by atoms with Gasteiger partial charge in [-0.05, 0) is 61.6 Å². The van der Waals surface area contributed by atoms with E-state index in [-0.39, 0.29) is 16.9 Å². The Morgan fingerprint density at radius 1 is 1.28 bits per heavy atom. The number of likely N-dealkylation sites (tertiary alicyclic amines) is 1. The fraction of sp³-hybridized carbons (Fsp3) is 0.444. The lowest BCUT2D eigenvalue weighted by Crippen LogP contribution is -2.42. The number of nitrogens with zero attached hydrogens (tertiary/aromatic N) is 1. The van der Waals surface area contributed by atoms with Gasteiger partial charge >= 0.3 is 0 Å². The zero-order chi connectivity index (χ0) is 18.0. The first-order valence-electron chi connectivity index (χ1n) is 8.37. The van der Waals surface area contributed by atoms with Crippen LogP contribution in [0.5, 0.6) is 0 Å². The van der Waals surface area contributed by atoms with Crippen molar-refractivity contribution in [2.45, 2.75) is 36.8 Å². The first-order valence-corrected chi connectivity index (χ1v) is 10.7. The predicted molar refractivity (Wildman–Crippen MR) is 100 cm³/mol. The molecule has 2 atom stereocenters. The third-order valence-electron chi connectivity index (χ3n) is 4.81. The first-order chi connectivity index (χ1) is 11.9. The summed E-state index contributed by atoms with van der Waals surface area (Å²) in [5.41, 5.74) is 2.32. The topological polar surface area (TPSA) is 69.6 Å². The van der Waals surface area contributed by atoms with Gasteiger partial charge in [0.15, 0.2) is 0 Å². The standard InChI is InChI=1S/C18H24N2O3S2/c1-13-8-10-24-18(13)16-7-9-20(12-17(16)21)11-14-3-5-15(6-4-14)25(22,23)19-2/h3-6,8,10,16-17,19,21H,7,9,11-12H2,1-2H3/t16-,17-/m1/s1. The number of sulfonamides is 1. The smallest absolute Gasteiger partial charge is 0.240 e. The molecule has 0 unspecified atom stereocenters. The van der Waals surface area contributed by atoms with Crippen molar-refractivity contribution >= 4 is 21.4 Å². The molecule has 7 heteroatoms. The minimum Gasteiger partial charge on any atom is -0.391 e. The van der Waals surface area contributed by atoms with Gasteiger partial charge in [-0.2, -0.15) is 0 Å². The van der Waals surface area contributed by atoms with Gasteiger partial charge in [-0.1, -0.05) is 12.1 Å². The van der Waals surface area contributed by atoms with Gasteiger partial charge < -0.3 is 5.11 Å². The second-order valence-electron chi connectivity index (χ2n) is 6.52. The van der Waals surface area contributed by atoms with Crippen LogP contribution in [0.25, 0.3) is 0 Å². The summed E-state index contributed by atoms with van der Waals surface area (Å²) >= 11 is 1.73. The van der Waals surface area contributed by atoms with Crippen LogP contribution in [-0.4, -0.2) is 44.7 Å². The van der Waals surface area contributed by atoms with Crippen molar-refractivity contribution in [2.75, 3.05) is 20.1 Å². The maximum atomic E-state index is 11.8. The summed E-state index contributed by atoms with van der Waals surface area (Å²) in [7, 11) is -1.99. The summed E-state index contributed by atoms with van der Waals surface area (Å²) in [5.74, 6) is 0.222. The molecular formula is C18H24N2O3S2. The van der Waals surface area contributed by atoms with Crippen molar-refractivity contribution < 1.29 is 13.5 Å². The zero-order valence-electron chi connectivity index (χ0n) is 14.5. The Labute approximate surface area is 153 Å². The van der Waals surface area contributed by atoms with Crippen molar-refractivity contribution in [1.29, 1.82) is 0 Å². The molecule has 0 amide bonds. The molecule has 1 fully saturated rings. The quantitative estimate of drug-likeness (QED) is 0.835. The van der Waals surface area contributed by atoms with Crippen LogP contribution in [0.1, 0.15) is 28.3 Å². The van der Waals surface area contributed by atoms with E-state index in [1.165, 1.54) is 17.5 Å². The molecule has 3 rings (SSSR count). The van der Waals surface area contributed by atoms with Gasteiger partial charge in [-0.15, -0.1) is 11.3 Å². The molecule has 0 aliphatic carbocycles. The lowest BCUT2D eigenvalue weighted by atomic mass is 9.90. The molecule has 2 heterocycles. The van der Waals surface area contributed by atoms with Gasteiger partial charge in [-0.3, -0.25) is 4.90 Å². The Balaban J connectivity index is 1.63. The second-order valence-corrected chi connectivity index (χ2v) is 9.35. The molecule has 1 aliphatic rings. The van der Waals surface area contributed by atoms with Crippen LogP contribution in [0.15, 0.2) is 40.6 Å². The second kappa shape index (κ2) is 7.55. The highest BCUT2D eigenvalue weighted by Crippen LogP contribution is 2.34. The fourth-order valence-electron chi connectivity index (χ4n) is 3.36. The average molecular weight is 381 g/mol. The number of aliphatic hydroxyl groups excluding tert-OH is 1. The number of rotatable bonds is 5. The van der Waals surface area contributed by atoms with Crippen LogP contribution in [0.4, 0.5) is 0 Å². The van der Waals surface area contributed by atoms with Crippen LogP contribution >= 0.6 is 11.3 Å². The van der Waals surface area contributed by atoms with Gasteiger partial charge in [0.1, 0.15) is 0 Å². The van der Waals surface area contributed by atoms with E-state index in [1.807, 2.05) is 12.1 Å². The van der Waals surface area contributed by atoms with E-state index < -0.39 is 10.0 Å². The number of piperidine rings is 1. The molecule has 0 bridgehead atoms. The molecular weight excluding hydrogens is 356 g/mol. The molecule has 0 saturated carbocycles. The van der Waals surface area contributed by atoms with Crippen molar-refractivity contribution in [1.82, 2.24) is 9.62 Å². The molecule has 2 N–H and O–H groups in total.